The summed E-state index contributed by atoms with van der Waals surface area (Å²) in [6.07, 6.45) is 1.40. The average molecular weight is 298 g/mol. The molecule has 1 heterocycles. The lowest BCUT2D eigenvalue weighted by atomic mass is 10.1. The van der Waals surface area contributed by atoms with Crippen LogP contribution in [-0.2, 0) is 16.4 Å². The van der Waals surface area contributed by atoms with Gasteiger partial charge in [0.25, 0.3) is 0 Å². The van der Waals surface area contributed by atoms with Crippen LogP contribution in [0.3, 0.4) is 0 Å². The summed E-state index contributed by atoms with van der Waals surface area (Å²) < 4.78 is 24.6. The van der Waals surface area contributed by atoms with Crippen LogP contribution in [0, 0.1) is 0 Å². The first-order valence-electron chi connectivity index (χ1n) is 6.93. The molecule has 1 aromatic carbocycles. The van der Waals surface area contributed by atoms with Crippen LogP contribution in [-0.4, -0.2) is 49.9 Å². The number of nitrogens with zero attached hydrogens (tertiary/aromatic N) is 1. The number of benzene rings is 1. The van der Waals surface area contributed by atoms with Gasteiger partial charge in [0.2, 0.25) is 0 Å². The molecule has 1 unspecified atom stereocenters. The van der Waals surface area contributed by atoms with E-state index < -0.39 is 9.84 Å². The molecule has 0 aromatic heterocycles. The lowest BCUT2D eigenvalue weighted by molar-refractivity contribution is 0.0741. The Morgan fingerprint density at radius 2 is 2.20 bits per heavy atom. The van der Waals surface area contributed by atoms with E-state index in [0.717, 1.165) is 24.9 Å². The molecule has 3 N–H and O–H groups in total. The molecule has 1 fully saturated rings. The SMILES string of the molecule is NCc1cccc(S(=O)(=O)CCN2CCCC(O)C2)c1. The maximum absolute atomic E-state index is 12.3. The van der Waals surface area contributed by atoms with Gasteiger partial charge in [0.15, 0.2) is 9.84 Å². The Morgan fingerprint density at radius 1 is 1.40 bits per heavy atom. The van der Waals surface area contributed by atoms with Crippen molar-refractivity contribution in [1.82, 2.24) is 4.90 Å². The number of piperidine rings is 1. The van der Waals surface area contributed by atoms with Crippen molar-refractivity contribution < 1.29 is 13.5 Å². The van der Waals surface area contributed by atoms with Crippen molar-refractivity contribution in [3.05, 3.63) is 29.8 Å². The lowest BCUT2D eigenvalue weighted by Gasteiger charge is -2.29. The molecular weight excluding hydrogens is 276 g/mol. The van der Waals surface area contributed by atoms with E-state index >= 15 is 0 Å². The molecule has 2 rings (SSSR count). The van der Waals surface area contributed by atoms with Crippen molar-refractivity contribution in [2.45, 2.75) is 30.4 Å². The largest absolute Gasteiger partial charge is 0.392 e. The Kier molecular flexibility index (Phi) is 5.15. The topological polar surface area (TPSA) is 83.6 Å². The first kappa shape index (κ1) is 15.4. The first-order valence-corrected chi connectivity index (χ1v) is 8.58. The highest BCUT2D eigenvalue weighted by molar-refractivity contribution is 7.91. The van der Waals surface area contributed by atoms with E-state index in [1.165, 1.54) is 0 Å². The summed E-state index contributed by atoms with van der Waals surface area (Å²) >= 11 is 0. The fourth-order valence-electron chi connectivity index (χ4n) is 2.47. The smallest absolute Gasteiger partial charge is 0.179 e. The summed E-state index contributed by atoms with van der Waals surface area (Å²) in [5.74, 6) is 0.0771. The summed E-state index contributed by atoms with van der Waals surface area (Å²) in [4.78, 5) is 2.34. The second-order valence-corrected chi connectivity index (χ2v) is 7.38. The minimum Gasteiger partial charge on any atom is -0.392 e. The van der Waals surface area contributed by atoms with Gasteiger partial charge in [-0.1, -0.05) is 12.1 Å². The Bertz CT molecular complexity index is 545. The van der Waals surface area contributed by atoms with Crippen molar-refractivity contribution in [1.29, 1.82) is 0 Å². The Morgan fingerprint density at radius 3 is 2.90 bits per heavy atom. The van der Waals surface area contributed by atoms with Gasteiger partial charge in [0.1, 0.15) is 0 Å². The van der Waals surface area contributed by atoms with Crippen molar-refractivity contribution in [3.63, 3.8) is 0 Å². The number of hydrogen-bond donors (Lipinski definition) is 2. The molecule has 1 saturated heterocycles. The fourth-order valence-corrected chi connectivity index (χ4v) is 3.82. The Balaban J connectivity index is 1.99. The van der Waals surface area contributed by atoms with Crippen molar-refractivity contribution >= 4 is 9.84 Å². The number of aliphatic hydroxyl groups is 1. The third kappa shape index (κ3) is 4.02. The monoisotopic (exact) mass is 298 g/mol. The lowest BCUT2D eigenvalue weighted by Crippen LogP contribution is -2.40. The Hall–Kier alpha value is -0.950. The van der Waals surface area contributed by atoms with Crippen LogP contribution >= 0.6 is 0 Å². The number of aliphatic hydroxyl groups excluding tert-OH is 1. The molecule has 1 atom stereocenters. The number of sulfone groups is 1. The number of nitrogens with two attached hydrogens (primary N) is 1. The predicted octanol–water partition coefficient (Wildman–Crippen LogP) is 0.376. The molecule has 112 valence electrons. The molecule has 0 saturated carbocycles. The summed E-state index contributed by atoms with van der Waals surface area (Å²) in [5, 5.41) is 9.59. The van der Waals surface area contributed by atoms with Crippen molar-refractivity contribution in [2.24, 2.45) is 5.73 Å². The molecule has 5 nitrogen and oxygen atoms in total. The van der Waals surface area contributed by atoms with Crippen LogP contribution in [0.5, 0.6) is 0 Å². The average Bonchev–Trinajstić information content (AvgIpc) is 2.45. The van der Waals surface area contributed by atoms with E-state index in [1.54, 1.807) is 18.2 Å². The zero-order chi connectivity index (χ0) is 14.6. The minimum absolute atomic E-state index is 0.0771. The maximum Gasteiger partial charge on any atom is 0.179 e. The first-order chi connectivity index (χ1) is 9.51. The minimum atomic E-state index is -3.29. The van der Waals surface area contributed by atoms with Crippen LogP contribution < -0.4 is 5.73 Å². The van der Waals surface area contributed by atoms with Gasteiger partial charge in [-0.2, -0.15) is 0 Å². The Labute approximate surface area is 120 Å². The molecule has 0 spiro atoms. The fraction of sp³-hybridized carbons (Fsp3) is 0.571. The second kappa shape index (κ2) is 6.67. The molecule has 0 amide bonds. The molecule has 6 heteroatoms. The molecule has 0 aliphatic carbocycles. The third-order valence-electron chi connectivity index (χ3n) is 3.65. The van der Waals surface area contributed by atoms with Crippen LogP contribution in [0.4, 0.5) is 0 Å². The van der Waals surface area contributed by atoms with E-state index in [0.29, 0.717) is 24.5 Å². The van der Waals surface area contributed by atoms with E-state index in [2.05, 4.69) is 0 Å². The van der Waals surface area contributed by atoms with Gasteiger partial charge in [-0.05, 0) is 37.1 Å². The predicted molar refractivity (Wildman–Crippen MR) is 78.1 cm³/mol. The van der Waals surface area contributed by atoms with Gasteiger partial charge >= 0.3 is 0 Å². The number of β-amino-alcohol motifs (C(OH)–C–C–N with tert-alkyl or cyclic N) is 1. The van der Waals surface area contributed by atoms with Gasteiger partial charge in [-0.15, -0.1) is 0 Å². The summed E-state index contributed by atoms with van der Waals surface area (Å²) in [7, 11) is -3.29. The van der Waals surface area contributed by atoms with Gasteiger partial charge in [0.05, 0.1) is 16.8 Å². The summed E-state index contributed by atoms with van der Waals surface area (Å²) in [6, 6.07) is 6.79. The third-order valence-corrected chi connectivity index (χ3v) is 5.34. The molecular formula is C14H22N2O3S. The van der Waals surface area contributed by atoms with Gasteiger partial charge in [-0.3, -0.25) is 4.90 Å². The quantitative estimate of drug-likeness (QED) is 0.821. The standard InChI is InChI=1S/C14H22N2O3S/c15-10-12-3-1-5-14(9-12)20(18,19)8-7-16-6-2-4-13(17)11-16/h1,3,5,9,13,17H,2,4,6-8,10-11,15H2. The van der Waals surface area contributed by atoms with Crippen LogP contribution in [0.2, 0.25) is 0 Å². The van der Waals surface area contributed by atoms with Gasteiger partial charge < -0.3 is 10.8 Å². The second-order valence-electron chi connectivity index (χ2n) is 5.27. The van der Waals surface area contributed by atoms with Gasteiger partial charge in [0, 0.05) is 19.6 Å². The van der Waals surface area contributed by atoms with Crippen LogP contribution in [0.25, 0.3) is 0 Å². The molecule has 20 heavy (non-hydrogen) atoms. The zero-order valence-corrected chi connectivity index (χ0v) is 12.3. The summed E-state index contributed by atoms with van der Waals surface area (Å²) in [5.41, 5.74) is 6.36. The highest BCUT2D eigenvalue weighted by Crippen LogP contribution is 2.15. The molecule has 1 aliphatic rings. The van der Waals surface area contributed by atoms with E-state index in [9.17, 15) is 13.5 Å². The van der Waals surface area contributed by atoms with E-state index in [-0.39, 0.29) is 11.9 Å². The molecule has 0 bridgehead atoms. The van der Waals surface area contributed by atoms with Crippen molar-refractivity contribution in [2.75, 3.05) is 25.4 Å². The van der Waals surface area contributed by atoms with Crippen molar-refractivity contribution in [3.8, 4) is 0 Å². The maximum atomic E-state index is 12.3. The van der Waals surface area contributed by atoms with Crippen LogP contribution in [0.1, 0.15) is 18.4 Å². The number of hydrogen-bond acceptors (Lipinski definition) is 5. The highest BCUT2D eigenvalue weighted by Gasteiger charge is 2.21. The number of rotatable bonds is 5. The molecule has 1 aliphatic heterocycles. The van der Waals surface area contributed by atoms with Gasteiger partial charge in [-0.25, -0.2) is 8.42 Å². The van der Waals surface area contributed by atoms with E-state index in [1.807, 2.05) is 11.0 Å². The summed E-state index contributed by atoms with van der Waals surface area (Å²) in [6.45, 7) is 2.22. The van der Waals surface area contributed by atoms with E-state index in [4.69, 9.17) is 5.73 Å². The normalized spacial score (nSPS) is 21.0. The van der Waals surface area contributed by atoms with Crippen LogP contribution in [0.15, 0.2) is 29.2 Å². The molecule has 1 aromatic rings. The molecule has 0 radical (unpaired) electrons. The highest BCUT2D eigenvalue weighted by atomic mass is 32.2. The zero-order valence-electron chi connectivity index (χ0n) is 11.5. The number of likely N-dealkylation sites (tertiary alicyclic amines) is 1.